The first-order valence-corrected chi connectivity index (χ1v) is 8.85. The van der Waals surface area contributed by atoms with Gasteiger partial charge in [0.1, 0.15) is 11.0 Å². The predicted molar refractivity (Wildman–Crippen MR) is 107 cm³/mol. The van der Waals surface area contributed by atoms with Gasteiger partial charge in [0.05, 0.1) is 0 Å². The Morgan fingerprint density at radius 1 is 0.577 bits per heavy atom. The number of aromatic nitrogens is 2. The third kappa shape index (κ3) is 2.67. The molecule has 0 spiro atoms. The summed E-state index contributed by atoms with van der Waals surface area (Å²) in [7, 11) is 0. The van der Waals surface area contributed by atoms with Gasteiger partial charge >= 0.3 is 0 Å². The van der Waals surface area contributed by atoms with Crippen molar-refractivity contribution in [3.05, 3.63) is 60.7 Å². The molecule has 5 aromatic rings. The van der Waals surface area contributed by atoms with E-state index >= 15 is 0 Å². The first-order valence-electron chi connectivity index (χ1n) is 7.96. The van der Waals surface area contributed by atoms with E-state index in [0.717, 1.165) is 43.1 Å². The van der Waals surface area contributed by atoms with E-state index in [0.29, 0.717) is 11.8 Å². The molecule has 5 rings (SSSR count). The standard InChI is InChI=1S/C20H12N2O2S2/c25-13-5-7-17-15(9-13)21-19(23-17)11-1-2-12(4-3-11)20-22-16-10-14(26)6-8-18(16)24-20/h1-10,25-26H. The number of rotatable bonds is 2. The maximum atomic E-state index is 5.82. The number of benzene rings is 3. The second-order valence-electron chi connectivity index (χ2n) is 5.92. The van der Waals surface area contributed by atoms with Crippen LogP contribution in [0.5, 0.6) is 0 Å². The van der Waals surface area contributed by atoms with E-state index in [4.69, 9.17) is 8.83 Å². The Morgan fingerprint density at radius 2 is 1.00 bits per heavy atom. The Bertz CT molecular complexity index is 1160. The summed E-state index contributed by atoms with van der Waals surface area (Å²) in [6.07, 6.45) is 0. The predicted octanol–water partition coefficient (Wildman–Crippen LogP) is 5.88. The zero-order valence-electron chi connectivity index (χ0n) is 13.4. The van der Waals surface area contributed by atoms with Gasteiger partial charge in [-0.3, -0.25) is 0 Å². The highest BCUT2D eigenvalue weighted by atomic mass is 32.1. The lowest BCUT2D eigenvalue weighted by Crippen LogP contribution is -1.80. The van der Waals surface area contributed by atoms with Crippen LogP contribution < -0.4 is 0 Å². The van der Waals surface area contributed by atoms with Gasteiger partial charge in [0.15, 0.2) is 11.2 Å². The zero-order valence-corrected chi connectivity index (χ0v) is 15.2. The second kappa shape index (κ2) is 5.93. The van der Waals surface area contributed by atoms with Crippen LogP contribution in [0.3, 0.4) is 0 Å². The highest BCUT2D eigenvalue weighted by Gasteiger charge is 2.11. The van der Waals surface area contributed by atoms with E-state index in [9.17, 15) is 0 Å². The maximum absolute atomic E-state index is 5.82. The molecule has 0 saturated heterocycles. The minimum atomic E-state index is 0.572. The highest BCUT2D eigenvalue weighted by Crippen LogP contribution is 2.29. The molecule has 26 heavy (non-hydrogen) atoms. The van der Waals surface area contributed by atoms with Gasteiger partial charge in [0.25, 0.3) is 0 Å². The van der Waals surface area contributed by atoms with Crippen molar-refractivity contribution in [2.75, 3.05) is 0 Å². The minimum Gasteiger partial charge on any atom is -0.436 e. The van der Waals surface area contributed by atoms with E-state index in [1.807, 2.05) is 60.7 Å². The average molecular weight is 376 g/mol. The maximum Gasteiger partial charge on any atom is 0.227 e. The molecule has 126 valence electrons. The summed E-state index contributed by atoms with van der Waals surface area (Å²) in [5.41, 5.74) is 4.83. The first kappa shape index (κ1) is 15.5. The molecule has 4 nitrogen and oxygen atoms in total. The molecule has 0 fully saturated rings. The summed E-state index contributed by atoms with van der Waals surface area (Å²) in [6, 6.07) is 19.1. The van der Waals surface area contributed by atoms with E-state index in [1.165, 1.54) is 0 Å². The molecule has 3 aromatic carbocycles. The normalized spacial score (nSPS) is 11.5. The zero-order chi connectivity index (χ0) is 17.7. The SMILES string of the molecule is Sc1ccc2oc(-c3ccc(-c4nc5cc(S)ccc5o4)cc3)nc2c1. The van der Waals surface area contributed by atoms with Crippen LogP contribution in [-0.2, 0) is 0 Å². The Morgan fingerprint density at radius 3 is 1.42 bits per heavy atom. The van der Waals surface area contributed by atoms with Gasteiger partial charge in [-0.15, -0.1) is 25.3 Å². The van der Waals surface area contributed by atoms with Crippen LogP contribution in [0.4, 0.5) is 0 Å². The largest absolute Gasteiger partial charge is 0.436 e. The van der Waals surface area contributed by atoms with Crippen LogP contribution in [0.25, 0.3) is 45.1 Å². The third-order valence-corrected chi connectivity index (χ3v) is 4.68. The van der Waals surface area contributed by atoms with Crippen molar-refractivity contribution in [2.24, 2.45) is 0 Å². The number of nitrogens with zero attached hydrogens (tertiary/aromatic N) is 2. The lowest BCUT2D eigenvalue weighted by molar-refractivity contribution is 0.617. The van der Waals surface area contributed by atoms with Gasteiger partial charge in [-0.1, -0.05) is 0 Å². The summed E-state index contributed by atoms with van der Waals surface area (Å²) in [5, 5.41) is 0. The minimum absolute atomic E-state index is 0.572. The fourth-order valence-electron chi connectivity index (χ4n) is 2.83. The molecule has 0 atom stereocenters. The van der Waals surface area contributed by atoms with E-state index in [2.05, 4.69) is 35.2 Å². The summed E-state index contributed by atoms with van der Waals surface area (Å²) >= 11 is 8.67. The molecule has 0 radical (unpaired) electrons. The Labute approximate surface area is 159 Å². The van der Waals surface area contributed by atoms with Gasteiger partial charge in [-0.05, 0) is 60.7 Å². The van der Waals surface area contributed by atoms with Crippen molar-refractivity contribution < 1.29 is 8.83 Å². The molecular weight excluding hydrogens is 364 g/mol. The number of thiol groups is 2. The Kier molecular flexibility index (Phi) is 3.55. The second-order valence-corrected chi connectivity index (χ2v) is 6.95. The van der Waals surface area contributed by atoms with Crippen LogP contribution in [0.15, 0.2) is 79.3 Å². The molecule has 0 N–H and O–H groups in total. The van der Waals surface area contributed by atoms with Crippen molar-refractivity contribution in [3.63, 3.8) is 0 Å². The molecular formula is C20H12N2O2S2. The van der Waals surface area contributed by atoms with Gasteiger partial charge in [0.2, 0.25) is 11.8 Å². The summed E-state index contributed by atoms with van der Waals surface area (Å²) in [6.45, 7) is 0. The fourth-order valence-corrected chi connectivity index (χ4v) is 3.23. The van der Waals surface area contributed by atoms with E-state index in [-0.39, 0.29) is 0 Å². The molecule has 0 amide bonds. The van der Waals surface area contributed by atoms with Crippen molar-refractivity contribution in [2.45, 2.75) is 9.79 Å². The molecule has 0 aliphatic carbocycles. The van der Waals surface area contributed by atoms with E-state index < -0.39 is 0 Å². The summed E-state index contributed by atoms with van der Waals surface area (Å²) in [4.78, 5) is 10.8. The Hall–Kier alpha value is -2.70. The fraction of sp³-hybridized carbons (Fsp3) is 0. The smallest absolute Gasteiger partial charge is 0.227 e. The quantitative estimate of drug-likeness (QED) is 0.378. The molecule has 0 saturated carbocycles. The molecule has 2 aromatic heterocycles. The van der Waals surface area contributed by atoms with Crippen molar-refractivity contribution in [1.29, 1.82) is 0 Å². The van der Waals surface area contributed by atoms with Crippen LogP contribution >= 0.6 is 25.3 Å². The number of oxazole rings is 2. The van der Waals surface area contributed by atoms with Gasteiger partial charge < -0.3 is 8.83 Å². The van der Waals surface area contributed by atoms with Crippen LogP contribution in [0, 0.1) is 0 Å². The molecule has 0 aliphatic heterocycles. The third-order valence-electron chi connectivity index (χ3n) is 4.12. The lowest BCUT2D eigenvalue weighted by atomic mass is 10.1. The van der Waals surface area contributed by atoms with E-state index in [1.54, 1.807) is 0 Å². The lowest BCUT2D eigenvalue weighted by Gasteiger charge is -1.97. The molecule has 0 aliphatic rings. The monoisotopic (exact) mass is 376 g/mol. The van der Waals surface area contributed by atoms with Gasteiger partial charge in [0, 0.05) is 20.9 Å². The molecule has 6 heteroatoms. The number of hydrogen-bond acceptors (Lipinski definition) is 6. The van der Waals surface area contributed by atoms with Gasteiger partial charge in [-0.25, -0.2) is 9.97 Å². The van der Waals surface area contributed by atoms with Crippen LogP contribution in [-0.4, -0.2) is 9.97 Å². The molecule has 0 bridgehead atoms. The highest BCUT2D eigenvalue weighted by molar-refractivity contribution is 7.80. The topological polar surface area (TPSA) is 52.1 Å². The molecule has 2 heterocycles. The number of hydrogen-bond donors (Lipinski definition) is 2. The Balaban J connectivity index is 1.52. The van der Waals surface area contributed by atoms with Crippen molar-refractivity contribution in [3.8, 4) is 22.9 Å². The van der Waals surface area contributed by atoms with Crippen LogP contribution in [0.1, 0.15) is 0 Å². The molecule has 0 unspecified atom stereocenters. The number of fused-ring (bicyclic) bond motifs is 2. The summed E-state index contributed by atoms with van der Waals surface area (Å²) in [5.74, 6) is 1.14. The first-order chi connectivity index (χ1) is 12.7. The summed E-state index contributed by atoms with van der Waals surface area (Å²) < 4.78 is 11.6. The van der Waals surface area contributed by atoms with Crippen molar-refractivity contribution >= 4 is 47.5 Å². The van der Waals surface area contributed by atoms with Gasteiger partial charge in [-0.2, -0.15) is 0 Å². The van der Waals surface area contributed by atoms with Crippen LogP contribution in [0.2, 0.25) is 0 Å². The average Bonchev–Trinajstić information content (AvgIpc) is 3.25. The van der Waals surface area contributed by atoms with Crippen molar-refractivity contribution in [1.82, 2.24) is 9.97 Å².